The van der Waals surface area contributed by atoms with Crippen molar-refractivity contribution in [3.8, 4) is 0 Å². The molecule has 96 valence electrons. The van der Waals surface area contributed by atoms with Gasteiger partial charge in [-0.1, -0.05) is 6.92 Å². The van der Waals surface area contributed by atoms with Crippen LogP contribution >= 0.6 is 11.8 Å². The quantitative estimate of drug-likeness (QED) is 0.555. The minimum absolute atomic E-state index is 0.190. The van der Waals surface area contributed by atoms with E-state index in [-0.39, 0.29) is 12.4 Å². The SMILES string of the molecule is CCCNCc1cc(F)ccc1SCCCO. The van der Waals surface area contributed by atoms with Crippen molar-refractivity contribution < 1.29 is 9.50 Å². The Morgan fingerprint density at radius 3 is 2.94 bits per heavy atom. The number of benzene rings is 1. The van der Waals surface area contributed by atoms with E-state index in [1.54, 1.807) is 17.8 Å². The second-order valence-electron chi connectivity index (χ2n) is 3.85. The molecular weight excluding hydrogens is 237 g/mol. The highest BCUT2D eigenvalue weighted by molar-refractivity contribution is 7.99. The minimum Gasteiger partial charge on any atom is -0.396 e. The molecule has 1 aromatic carbocycles. The van der Waals surface area contributed by atoms with E-state index >= 15 is 0 Å². The van der Waals surface area contributed by atoms with Gasteiger partial charge in [-0.2, -0.15) is 0 Å². The Balaban J connectivity index is 2.59. The van der Waals surface area contributed by atoms with Crippen molar-refractivity contribution in [1.29, 1.82) is 0 Å². The average Bonchev–Trinajstić information content (AvgIpc) is 2.32. The van der Waals surface area contributed by atoms with Crippen molar-refractivity contribution in [1.82, 2.24) is 5.32 Å². The lowest BCUT2D eigenvalue weighted by Gasteiger charge is -2.10. The van der Waals surface area contributed by atoms with E-state index in [1.807, 2.05) is 6.07 Å². The number of nitrogens with one attached hydrogen (secondary N) is 1. The second-order valence-corrected chi connectivity index (χ2v) is 4.99. The molecule has 0 radical (unpaired) electrons. The standard InChI is InChI=1S/C13H20FNOS/c1-2-6-15-10-11-9-12(14)4-5-13(11)17-8-3-7-16/h4-5,9,15-16H,2-3,6-8,10H2,1H3. The van der Waals surface area contributed by atoms with Gasteiger partial charge in [0, 0.05) is 23.8 Å². The summed E-state index contributed by atoms with van der Waals surface area (Å²) in [4.78, 5) is 1.10. The maximum Gasteiger partial charge on any atom is 0.123 e. The molecule has 0 unspecified atom stereocenters. The first kappa shape index (κ1) is 14.5. The topological polar surface area (TPSA) is 32.3 Å². The third-order valence-corrected chi connectivity index (χ3v) is 3.53. The summed E-state index contributed by atoms with van der Waals surface area (Å²) in [5.74, 6) is 0.674. The molecule has 0 fully saturated rings. The molecule has 0 aliphatic rings. The first-order chi connectivity index (χ1) is 8.27. The zero-order chi connectivity index (χ0) is 12.5. The van der Waals surface area contributed by atoms with Gasteiger partial charge in [0.15, 0.2) is 0 Å². The maximum absolute atomic E-state index is 13.2. The second kappa shape index (κ2) is 8.50. The molecular formula is C13H20FNOS. The number of aliphatic hydroxyl groups excluding tert-OH is 1. The van der Waals surface area contributed by atoms with Crippen LogP contribution in [0.2, 0.25) is 0 Å². The number of halogens is 1. The summed E-state index contributed by atoms with van der Waals surface area (Å²) >= 11 is 1.67. The lowest BCUT2D eigenvalue weighted by atomic mass is 10.2. The Morgan fingerprint density at radius 2 is 2.24 bits per heavy atom. The van der Waals surface area contributed by atoms with Gasteiger partial charge in [0.1, 0.15) is 5.82 Å². The fourth-order valence-corrected chi connectivity index (χ4v) is 2.45. The van der Waals surface area contributed by atoms with Gasteiger partial charge in [0.25, 0.3) is 0 Å². The summed E-state index contributed by atoms with van der Waals surface area (Å²) in [5, 5.41) is 12.0. The highest BCUT2D eigenvalue weighted by Crippen LogP contribution is 2.24. The van der Waals surface area contributed by atoms with Crippen LogP contribution in [-0.2, 0) is 6.54 Å². The van der Waals surface area contributed by atoms with Crippen LogP contribution in [0.4, 0.5) is 4.39 Å². The Labute approximate surface area is 107 Å². The number of hydrogen-bond donors (Lipinski definition) is 2. The Hall–Kier alpha value is -0.580. The smallest absolute Gasteiger partial charge is 0.123 e. The Bertz CT molecular complexity index is 333. The lowest BCUT2D eigenvalue weighted by molar-refractivity contribution is 0.296. The van der Waals surface area contributed by atoms with Crippen LogP contribution in [0.15, 0.2) is 23.1 Å². The third-order valence-electron chi connectivity index (χ3n) is 2.32. The Morgan fingerprint density at radius 1 is 1.41 bits per heavy atom. The lowest BCUT2D eigenvalue weighted by Crippen LogP contribution is -2.14. The van der Waals surface area contributed by atoms with Gasteiger partial charge in [-0.05, 0) is 43.1 Å². The molecule has 1 rings (SSSR count). The number of hydrogen-bond acceptors (Lipinski definition) is 3. The summed E-state index contributed by atoms with van der Waals surface area (Å²) in [5.41, 5.74) is 1.00. The molecule has 0 heterocycles. The monoisotopic (exact) mass is 257 g/mol. The van der Waals surface area contributed by atoms with Gasteiger partial charge in [-0.25, -0.2) is 4.39 Å². The van der Waals surface area contributed by atoms with Crippen molar-refractivity contribution in [2.45, 2.75) is 31.2 Å². The van der Waals surface area contributed by atoms with Crippen LogP contribution in [0.3, 0.4) is 0 Å². The van der Waals surface area contributed by atoms with Crippen molar-refractivity contribution in [2.75, 3.05) is 18.9 Å². The molecule has 0 saturated heterocycles. The highest BCUT2D eigenvalue weighted by Gasteiger charge is 2.04. The van der Waals surface area contributed by atoms with Gasteiger partial charge in [-0.15, -0.1) is 11.8 Å². The fraction of sp³-hybridized carbons (Fsp3) is 0.538. The van der Waals surface area contributed by atoms with Crippen molar-refractivity contribution in [3.63, 3.8) is 0 Å². The van der Waals surface area contributed by atoms with Crippen LogP contribution < -0.4 is 5.32 Å². The number of rotatable bonds is 8. The molecule has 2 N–H and O–H groups in total. The van der Waals surface area contributed by atoms with Crippen molar-refractivity contribution in [3.05, 3.63) is 29.6 Å². The summed E-state index contributed by atoms with van der Waals surface area (Å²) in [6.07, 6.45) is 1.84. The third kappa shape index (κ3) is 5.52. The summed E-state index contributed by atoms with van der Waals surface area (Å²) in [6, 6.07) is 4.90. The molecule has 17 heavy (non-hydrogen) atoms. The van der Waals surface area contributed by atoms with Crippen molar-refractivity contribution in [2.24, 2.45) is 0 Å². The molecule has 2 nitrogen and oxygen atoms in total. The van der Waals surface area contributed by atoms with E-state index < -0.39 is 0 Å². The molecule has 0 aromatic heterocycles. The average molecular weight is 257 g/mol. The first-order valence-corrected chi connectivity index (χ1v) is 6.99. The molecule has 4 heteroatoms. The van der Waals surface area contributed by atoms with Crippen molar-refractivity contribution >= 4 is 11.8 Å². The van der Waals surface area contributed by atoms with Gasteiger partial charge in [-0.3, -0.25) is 0 Å². The zero-order valence-electron chi connectivity index (χ0n) is 10.2. The van der Waals surface area contributed by atoms with Crippen LogP contribution in [0.25, 0.3) is 0 Å². The zero-order valence-corrected chi connectivity index (χ0v) is 11.0. The maximum atomic E-state index is 13.2. The number of thioether (sulfide) groups is 1. The molecule has 0 amide bonds. The highest BCUT2D eigenvalue weighted by atomic mass is 32.2. The Kier molecular flexibility index (Phi) is 7.24. The summed E-state index contributed by atoms with van der Waals surface area (Å²) < 4.78 is 13.2. The normalized spacial score (nSPS) is 10.8. The molecule has 0 spiro atoms. The van der Waals surface area contributed by atoms with E-state index in [2.05, 4.69) is 12.2 Å². The molecule has 0 saturated carbocycles. The van der Waals surface area contributed by atoms with Crippen LogP contribution in [0.1, 0.15) is 25.3 Å². The fourth-order valence-electron chi connectivity index (χ4n) is 1.47. The van der Waals surface area contributed by atoms with Gasteiger partial charge in [0.2, 0.25) is 0 Å². The van der Waals surface area contributed by atoms with Crippen LogP contribution in [-0.4, -0.2) is 24.0 Å². The van der Waals surface area contributed by atoms with Gasteiger partial charge >= 0.3 is 0 Å². The van der Waals surface area contributed by atoms with E-state index in [0.29, 0.717) is 6.54 Å². The van der Waals surface area contributed by atoms with Crippen LogP contribution in [0, 0.1) is 5.82 Å². The number of aliphatic hydroxyl groups is 1. The molecule has 0 bridgehead atoms. The first-order valence-electron chi connectivity index (χ1n) is 6.00. The predicted molar refractivity (Wildman–Crippen MR) is 70.8 cm³/mol. The van der Waals surface area contributed by atoms with E-state index in [1.165, 1.54) is 6.07 Å². The van der Waals surface area contributed by atoms with E-state index in [0.717, 1.165) is 35.6 Å². The summed E-state index contributed by atoms with van der Waals surface area (Å²) in [7, 11) is 0. The largest absolute Gasteiger partial charge is 0.396 e. The van der Waals surface area contributed by atoms with E-state index in [9.17, 15) is 4.39 Å². The van der Waals surface area contributed by atoms with E-state index in [4.69, 9.17) is 5.11 Å². The van der Waals surface area contributed by atoms with Gasteiger partial charge in [0.05, 0.1) is 0 Å². The van der Waals surface area contributed by atoms with Gasteiger partial charge < -0.3 is 10.4 Å². The van der Waals surface area contributed by atoms with Crippen LogP contribution in [0.5, 0.6) is 0 Å². The molecule has 0 atom stereocenters. The predicted octanol–water partition coefficient (Wildman–Crippen LogP) is 2.80. The molecule has 0 aliphatic heterocycles. The minimum atomic E-state index is -0.190. The summed E-state index contributed by atoms with van der Waals surface area (Å²) in [6.45, 7) is 3.96. The molecule has 1 aromatic rings. The molecule has 0 aliphatic carbocycles.